The molecule has 0 bridgehead atoms. The van der Waals surface area contributed by atoms with E-state index in [9.17, 15) is 12.8 Å². The molecule has 1 atom stereocenters. The number of halogens is 1. The normalized spacial score (nSPS) is 20.1. The first-order chi connectivity index (χ1) is 9.93. The van der Waals surface area contributed by atoms with Gasteiger partial charge in [0.1, 0.15) is 10.7 Å². The van der Waals surface area contributed by atoms with Crippen molar-refractivity contribution in [1.29, 1.82) is 0 Å². The van der Waals surface area contributed by atoms with E-state index in [0.717, 1.165) is 25.9 Å². The summed E-state index contributed by atoms with van der Waals surface area (Å²) in [5.74, 6) is -0.410. The van der Waals surface area contributed by atoms with Gasteiger partial charge >= 0.3 is 0 Å². The first-order valence-corrected chi connectivity index (χ1v) is 8.84. The van der Waals surface area contributed by atoms with Gasteiger partial charge < -0.3 is 5.32 Å². The highest BCUT2D eigenvalue weighted by Crippen LogP contribution is 2.23. The van der Waals surface area contributed by atoms with Crippen LogP contribution in [-0.4, -0.2) is 38.4 Å². The monoisotopic (exact) mass is 314 g/mol. The van der Waals surface area contributed by atoms with Gasteiger partial charge in [-0.05, 0) is 57.8 Å². The summed E-state index contributed by atoms with van der Waals surface area (Å²) in [5, 5.41) is 3.29. The standard InChI is InChI=1S/C15H23FN2O2S/c1-12(2)18(11-13-6-5-9-17-10-13)21(19,20)15-8-4-3-7-14(15)16/h3-4,7-8,12-13,17H,5-6,9-11H2,1-2H3. The van der Waals surface area contributed by atoms with Crippen LogP contribution in [0.1, 0.15) is 26.7 Å². The Labute approximate surface area is 126 Å². The Morgan fingerprint density at radius 1 is 1.38 bits per heavy atom. The van der Waals surface area contributed by atoms with Crippen LogP contribution < -0.4 is 5.32 Å². The summed E-state index contributed by atoms with van der Waals surface area (Å²) >= 11 is 0. The molecule has 0 aromatic heterocycles. The van der Waals surface area contributed by atoms with Crippen LogP contribution in [0.15, 0.2) is 29.2 Å². The van der Waals surface area contributed by atoms with Crippen molar-refractivity contribution < 1.29 is 12.8 Å². The molecule has 21 heavy (non-hydrogen) atoms. The van der Waals surface area contributed by atoms with E-state index in [1.54, 1.807) is 6.07 Å². The number of rotatable bonds is 5. The van der Waals surface area contributed by atoms with Gasteiger partial charge in [-0.3, -0.25) is 0 Å². The Balaban J connectivity index is 2.26. The van der Waals surface area contributed by atoms with Crippen LogP contribution in [0.5, 0.6) is 0 Å². The van der Waals surface area contributed by atoms with Crippen molar-refractivity contribution in [2.75, 3.05) is 19.6 Å². The second-order valence-corrected chi connectivity index (χ2v) is 7.67. The fourth-order valence-electron chi connectivity index (χ4n) is 2.70. The molecule has 118 valence electrons. The molecule has 1 aromatic rings. The van der Waals surface area contributed by atoms with Crippen molar-refractivity contribution in [2.24, 2.45) is 5.92 Å². The minimum atomic E-state index is -3.80. The summed E-state index contributed by atoms with van der Waals surface area (Å²) in [5.41, 5.74) is 0. The van der Waals surface area contributed by atoms with Gasteiger partial charge in [-0.2, -0.15) is 4.31 Å². The third-order valence-electron chi connectivity index (χ3n) is 3.84. The van der Waals surface area contributed by atoms with E-state index in [2.05, 4.69) is 5.32 Å². The second-order valence-electron chi connectivity index (χ2n) is 5.81. The molecule has 0 radical (unpaired) electrons. The summed E-state index contributed by atoms with van der Waals surface area (Å²) in [6.45, 7) is 5.89. The third-order valence-corrected chi connectivity index (χ3v) is 5.91. The Morgan fingerprint density at radius 3 is 2.67 bits per heavy atom. The third kappa shape index (κ3) is 3.81. The molecule has 0 aliphatic carbocycles. The molecule has 0 spiro atoms. The predicted molar refractivity (Wildman–Crippen MR) is 81.0 cm³/mol. The van der Waals surface area contributed by atoms with Gasteiger partial charge in [0.25, 0.3) is 0 Å². The molecule has 1 N–H and O–H groups in total. The molecule has 6 heteroatoms. The lowest BCUT2D eigenvalue weighted by molar-refractivity contribution is 0.263. The number of hydrogen-bond acceptors (Lipinski definition) is 3. The van der Waals surface area contributed by atoms with Crippen LogP contribution in [0.3, 0.4) is 0 Å². The lowest BCUT2D eigenvalue weighted by Gasteiger charge is -2.32. The van der Waals surface area contributed by atoms with E-state index in [1.807, 2.05) is 13.8 Å². The lowest BCUT2D eigenvalue weighted by atomic mass is 9.99. The van der Waals surface area contributed by atoms with Crippen molar-refractivity contribution in [3.05, 3.63) is 30.1 Å². The number of benzene rings is 1. The first kappa shape index (κ1) is 16.4. The van der Waals surface area contributed by atoms with Gasteiger partial charge in [-0.15, -0.1) is 0 Å². The van der Waals surface area contributed by atoms with Crippen LogP contribution in [0, 0.1) is 11.7 Å². The summed E-state index contributed by atoms with van der Waals surface area (Å²) in [7, 11) is -3.80. The van der Waals surface area contributed by atoms with E-state index < -0.39 is 15.8 Å². The quantitative estimate of drug-likeness (QED) is 0.906. The Kier molecular flexibility index (Phi) is 5.35. The van der Waals surface area contributed by atoms with Crippen molar-refractivity contribution in [3.8, 4) is 0 Å². The Morgan fingerprint density at radius 2 is 2.10 bits per heavy atom. The molecule has 0 saturated carbocycles. The molecule has 1 fully saturated rings. The molecule has 0 amide bonds. The molecular weight excluding hydrogens is 291 g/mol. The fourth-order valence-corrected chi connectivity index (χ4v) is 4.48. The van der Waals surface area contributed by atoms with Gasteiger partial charge in [0, 0.05) is 12.6 Å². The molecule has 1 saturated heterocycles. The van der Waals surface area contributed by atoms with Gasteiger partial charge in [0.15, 0.2) is 0 Å². The fraction of sp³-hybridized carbons (Fsp3) is 0.600. The SMILES string of the molecule is CC(C)N(CC1CCCNC1)S(=O)(=O)c1ccccc1F. The number of nitrogens with one attached hydrogen (secondary N) is 1. The van der Waals surface area contributed by atoms with Crippen molar-refractivity contribution in [3.63, 3.8) is 0 Å². The van der Waals surface area contributed by atoms with E-state index in [-0.39, 0.29) is 16.9 Å². The minimum Gasteiger partial charge on any atom is -0.316 e. The molecule has 1 heterocycles. The smallest absolute Gasteiger partial charge is 0.246 e. The van der Waals surface area contributed by atoms with Crippen LogP contribution in [0.25, 0.3) is 0 Å². The molecule has 1 aliphatic rings. The van der Waals surface area contributed by atoms with Crippen LogP contribution in [-0.2, 0) is 10.0 Å². The zero-order valence-corrected chi connectivity index (χ0v) is 13.4. The average Bonchev–Trinajstić information content (AvgIpc) is 2.45. The van der Waals surface area contributed by atoms with E-state index in [0.29, 0.717) is 6.54 Å². The summed E-state index contributed by atoms with van der Waals surface area (Å²) < 4.78 is 40.8. The topological polar surface area (TPSA) is 49.4 Å². The van der Waals surface area contributed by atoms with Crippen LogP contribution >= 0.6 is 0 Å². The lowest BCUT2D eigenvalue weighted by Crippen LogP contribution is -2.44. The molecule has 1 aliphatic heterocycles. The zero-order chi connectivity index (χ0) is 15.5. The maximum atomic E-state index is 13.9. The molecule has 1 aromatic carbocycles. The summed E-state index contributed by atoms with van der Waals surface area (Å²) in [6, 6.07) is 5.37. The maximum absolute atomic E-state index is 13.9. The highest BCUT2D eigenvalue weighted by molar-refractivity contribution is 7.89. The largest absolute Gasteiger partial charge is 0.316 e. The molecular formula is C15H23FN2O2S. The van der Waals surface area contributed by atoms with Crippen molar-refractivity contribution in [2.45, 2.75) is 37.6 Å². The van der Waals surface area contributed by atoms with Crippen molar-refractivity contribution >= 4 is 10.0 Å². The van der Waals surface area contributed by atoms with Gasteiger partial charge in [-0.25, -0.2) is 12.8 Å². The van der Waals surface area contributed by atoms with Crippen molar-refractivity contribution in [1.82, 2.24) is 9.62 Å². The maximum Gasteiger partial charge on any atom is 0.246 e. The van der Waals surface area contributed by atoms with E-state index in [1.165, 1.54) is 22.5 Å². The zero-order valence-electron chi connectivity index (χ0n) is 12.5. The second kappa shape index (κ2) is 6.85. The minimum absolute atomic E-state index is 0.198. The highest BCUT2D eigenvalue weighted by Gasteiger charge is 2.31. The summed E-state index contributed by atoms with van der Waals surface area (Å²) in [6.07, 6.45) is 2.05. The Bertz CT molecular complexity index is 569. The number of piperidine rings is 1. The molecule has 2 rings (SSSR count). The van der Waals surface area contributed by atoms with E-state index >= 15 is 0 Å². The van der Waals surface area contributed by atoms with Crippen LogP contribution in [0.2, 0.25) is 0 Å². The molecule has 4 nitrogen and oxygen atoms in total. The van der Waals surface area contributed by atoms with Gasteiger partial charge in [0.05, 0.1) is 0 Å². The van der Waals surface area contributed by atoms with Gasteiger partial charge in [-0.1, -0.05) is 12.1 Å². The number of hydrogen-bond donors (Lipinski definition) is 1. The van der Waals surface area contributed by atoms with Gasteiger partial charge in [0.2, 0.25) is 10.0 Å². The number of nitrogens with zero attached hydrogens (tertiary/aromatic N) is 1. The Hall–Kier alpha value is -0.980. The average molecular weight is 314 g/mol. The first-order valence-electron chi connectivity index (χ1n) is 7.40. The van der Waals surface area contributed by atoms with E-state index in [4.69, 9.17) is 0 Å². The summed E-state index contributed by atoms with van der Waals surface area (Å²) in [4.78, 5) is -0.234. The predicted octanol–water partition coefficient (Wildman–Crippen LogP) is 2.22. The van der Waals surface area contributed by atoms with Crippen LogP contribution in [0.4, 0.5) is 4.39 Å². The highest BCUT2D eigenvalue weighted by atomic mass is 32.2. The number of sulfonamides is 1. The molecule has 1 unspecified atom stereocenters.